The van der Waals surface area contributed by atoms with Crippen molar-refractivity contribution in [1.29, 1.82) is 0 Å². The number of urea groups is 1. The van der Waals surface area contributed by atoms with Gasteiger partial charge >= 0.3 is 12.0 Å². The third kappa shape index (κ3) is 6.82. The molecular weight excluding hydrogens is 352 g/mol. The largest absolute Gasteiger partial charge is 0.456 e. The fraction of sp³-hybridized carbons (Fsp3) is 0.474. The lowest BCUT2D eigenvalue weighted by Crippen LogP contribution is -2.42. The molecule has 1 aliphatic rings. The van der Waals surface area contributed by atoms with Crippen molar-refractivity contribution in [1.82, 2.24) is 10.6 Å². The first kappa shape index (κ1) is 20.6. The average Bonchev–Trinajstić information content (AvgIpc) is 3.12. The van der Waals surface area contributed by atoms with Gasteiger partial charge in [0.25, 0.3) is 5.91 Å². The highest BCUT2D eigenvalue weighted by atomic mass is 16.5. The monoisotopic (exact) mass is 376 g/mol. The van der Waals surface area contributed by atoms with E-state index >= 15 is 0 Å². The molecule has 0 saturated heterocycles. The van der Waals surface area contributed by atoms with Gasteiger partial charge in [0.2, 0.25) is 0 Å². The van der Waals surface area contributed by atoms with Crippen molar-refractivity contribution < 1.29 is 28.7 Å². The molecule has 0 spiro atoms. The fourth-order valence-corrected chi connectivity index (χ4v) is 2.80. The SMILES string of the molecule is COCCNC(=O)NC(=O)COC(=O)CCC(=O)c1ccc2c(c1)CCC2. The number of benzene rings is 1. The number of ketones is 1. The summed E-state index contributed by atoms with van der Waals surface area (Å²) >= 11 is 0. The number of hydrogen-bond acceptors (Lipinski definition) is 6. The molecule has 0 saturated carbocycles. The summed E-state index contributed by atoms with van der Waals surface area (Å²) < 4.78 is 9.53. The molecule has 0 fully saturated rings. The average molecular weight is 376 g/mol. The van der Waals surface area contributed by atoms with Crippen LogP contribution in [0.25, 0.3) is 0 Å². The van der Waals surface area contributed by atoms with E-state index in [1.54, 1.807) is 6.07 Å². The van der Waals surface area contributed by atoms with E-state index in [1.165, 1.54) is 18.2 Å². The third-order valence-corrected chi connectivity index (χ3v) is 4.19. The van der Waals surface area contributed by atoms with Crippen molar-refractivity contribution in [2.75, 3.05) is 26.9 Å². The number of hydrogen-bond donors (Lipinski definition) is 2. The van der Waals surface area contributed by atoms with E-state index in [4.69, 9.17) is 9.47 Å². The van der Waals surface area contributed by atoms with E-state index in [0.29, 0.717) is 12.2 Å². The lowest BCUT2D eigenvalue weighted by atomic mass is 10.0. The number of fused-ring (bicyclic) bond motifs is 1. The minimum absolute atomic E-state index is 0.0107. The molecule has 8 heteroatoms. The molecule has 146 valence electrons. The highest BCUT2D eigenvalue weighted by Crippen LogP contribution is 2.23. The van der Waals surface area contributed by atoms with Crippen molar-refractivity contribution in [3.05, 3.63) is 34.9 Å². The molecule has 0 radical (unpaired) electrons. The van der Waals surface area contributed by atoms with Gasteiger partial charge in [-0.25, -0.2) is 4.79 Å². The smallest absolute Gasteiger partial charge is 0.321 e. The number of Topliss-reactive ketones (excluding diaryl/α,β-unsaturated/α-hetero) is 1. The van der Waals surface area contributed by atoms with Crippen LogP contribution in [-0.4, -0.2) is 50.6 Å². The predicted molar refractivity (Wildman–Crippen MR) is 96.4 cm³/mol. The number of ether oxygens (including phenoxy) is 2. The summed E-state index contributed by atoms with van der Waals surface area (Å²) in [5, 5.41) is 4.42. The first-order valence-electron chi connectivity index (χ1n) is 8.87. The molecule has 2 N–H and O–H groups in total. The lowest BCUT2D eigenvalue weighted by molar-refractivity contribution is -0.148. The molecule has 1 aromatic rings. The maximum Gasteiger partial charge on any atom is 0.321 e. The molecule has 0 atom stereocenters. The van der Waals surface area contributed by atoms with Gasteiger partial charge in [0.1, 0.15) is 0 Å². The van der Waals surface area contributed by atoms with E-state index in [-0.39, 0.29) is 25.2 Å². The van der Waals surface area contributed by atoms with Gasteiger partial charge < -0.3 is 14.8 Å². The topological polar surface area (TPSA) is 111 Å². The Balaban J connectivity index is 1.66. The molecule has 1 aliphatic carbocycles. The zero-order valence-electron chi connectivity index (χ0n) is 15.3. The Hall–Kier alpha value is -2.74. The molecule has 27 heavy (non-hydrogen) atoms. The molecule has 8 nitrogen and oxygen atoms in total. The minimum atomic E-state index is -0.747. The van der Waals surface area contributed by atoms with Crippen molar-refractivity contribution in [2.45, 2.75) is 32.1 Å². The van der Waals surface area contributed by atoms with Gasteiger partial charge in [0, 0.05) is 25.6 Å². The maximum atomic E-state index is 12.2. The van der Waals surface area contributed by atoms with Gasteiger partial charge in [-0.05, 0) is 36.5 Å². The zero-order valence-corrected chi connectivity index (χ0v) is 15.3. The molecule has 2 rings (SSSR count). The quantitative estimate of drug-likeness (QED) is 0.380. The fourth-order valence-electron chi connectivity index (χ4n) is 2.80. The first-order chi connectivity index (χ1) is 13.0. The van der Waals surface area contributed by atoms with Gasteiger partial charge in [-0.15, -0.1) is 0 Å². The summed E-state index contributed by atoms with van der Waals surface area (Å²) in [5.41, 5.74) is 3.07. The predicted octanol–water partition coefficient (Wildman–Crippen LogP) is 1.15. The van der Waals surface area contributed by atoms with Crippen LogP contribution in [0.1, 0.15) is 40.7 Å². The molecule has 0 aliphatic heterocycles. The Kier molecular flexibility index (Phi) is 7.94. The standard InChI is InChI=1S/C19H24N2O6/c1-26-10-9-20-19(25)21-17(23)12-27-18(24)8-7-16(22)15-6-5-13-3-2-4-14(13)11-15/h5-6,11H,2-4,7-10,12H2,1H3,(H2,20,21,23,25). The summed E-state index contributed by atoms with van der Waals surface area (Å²) in [4.78, 5) is 46.8. The van der Waals surface area contributed by atoms with E-state index in [2.05, 4.69) is 5.32 Å². The Morgan fingerprint density at radius 3 is 2.63 bits per heavy atom. The number of aryl methyl sites for hydroxylation is 2. The number of rotatable bonds is 9. The van der Waals surface area contributed by atoms with Crippen molar-refractivity contribution in [3.63, 3.8) is 0 Å². The third-order valence-electron chi connectivity index (χ3n) is 4.19. The van der Waals surface area contributed by atoms with Crippen LogP contribution in [0.2, 0.25) is 0 Å². The van der Waals surface area contributed by atoms with Crippen LogP contribution in [0.3, 0.4) is 0 Å². The normalized spacial score (nSPS) is 12.2. The van der Waals surface area contributed by atoms with E-state index < -0.39 is 24.5 Å². The first-order valence-corrected chi connectivity index (χ1v) is 8.87. The van der Waals surface area contributed by atoms with Gasteiger partial charge in [0.15, 0.2) is 12.4 Å². The Morgan fingerprint density at radius 1 is 1.07 bits per heavy atom. The van der Waals surface area contributed by atoms with Gasteiger partial charge in [0.05, 0.1) is 13.0 Å². The molecule has 0 bridgehead atoms. The van der Waals surface area contributed by atoms with Gasteiger partial charge in [-0.2, -0.15) is 0 Å². The number of esters is 1. The van der Waals surface area contributed by atoms with Crippen molar-refractivity contribution >= 4 is 23.7 Å². The van der Waals surface area contributed by atoms with Crippen LogP contribution >= 0.6 is 0 Å². The Bertz CT molecular complexity index is 716. The van der Waals surface area contributed by atoms with Crippen LogP contribution in [0.15, 0.2) is 18.2 Å². The molecule has 1 aromatic carbocycles. The van der Waals surface area contributed by atoms with E-state index in [1.807, 2.05) is 17.4 Å². The minimum Gasteiger partial charge on any atom is -0.456 e. The summed E-state index contributed by atoms with van der Waals surface area (Å²) in [6.45, 7) is -0.0153. The maximum absolute atomic E-state index is 12.2. The second-order valence-electron chi connectivity index (χ2n) is 6.22. The molecular formula is C19H24N2O6. The molecule has 3 amide bonds. The molecule has 0 aromatic heterocycles. The Morgan fingerprint density at radius 2 is 1.85 bits per heavy atom. The highest BCUT2D eigenvalue weighted by Gasteiger charge is 2.16. The zero-order chi connectivity index (χ0) is 19.6. The van der Waals surface area contributed by atoms with Crippen molar-refractivity contribution in [2.24, 2.45) is 0 Å². The number of imide groups is 1. The number of methoxy groups -OCH3 is 1. The second-order valence-corrected chi connectivity index (χ2v) is 6.22. The Labute approximate surface area is 157 Å². The van der Waals surface area contributed by atoms with E-state index in [0.717, 1.165) is 19.3 Å². The van der Waals surface area contributed by atoms with Crippen LogP contribution < -0.4 is 10.6 Å². The summed E-state index contributed by atoms with van der Waals surface area (Å²) in [6.07, 6.45) is 3.01. The van der Waals surface area contributed by atoms with Gasteiger partial charge in [-0.1, -0.05) is 12.1 Å². The van der Waals surface area contributed by atoms with E-state index in [9.17, 15) is 19.2 Å². The van der Waals surface area contributed by atoms with Crippen LogP contribution in [0.5, 0.6) is 0 Å². The summed E-state index contributed by atoms with van der Waals surface area (Å²) in [5.74, 6) is -1.55. The number of amides is 3. The lowest BCUT2D eigenvalue weighted by Gasteiger charge is -2.07. The molecule has 0 heterocycles. The van der Waals surface area contributed by atoms with Crippen LogP contribution in [0.4, 0.5) is 4.79 Å². The van der Waals surface area contributed by atoms with Crippen LogP contribution in [0, 0.1) is 0 Å². The van der Waals surface area contributed by atoms with Gasteiger partial charge in [-0.3, -0.25) is 19.7 Å². The van der Waals surface area contributed by atoms with Crippen molar-refractivity contribution in [3.8, 4) is 0 Å². The second kappa shape index (κ2) is 10.4. The molecule has 0 unspecified atom stereocenters. The number of nitrogens with one attached hydrogen (secondary N) is 2. The number of carbonyl (C=O) groups excluding carboxylic acids is 4. The van der Waals surface area contributed by atoms with Crippen LogP contribution in [-0.2, 0) is 31.9 Å². The summed E-state index contributed by atoms with van der Waals surface area (Å²) in [6, 6.07) is 4.95. The summed E-state index contributed by atoms with van der Waals surface area (Å²) in [7, 11) is 1.49. The highest BCUT2D eigenvalue weighted by molar-refractivity contribution is 5.98. The number of carbonyl (C=O) groups is 4.